The molecule has 0 radical (unpaired) electrons. The van der Waals surface area contributed by atoms with E-state index in [1.165, 1.54) is 0 Å². The maximum absolute atomic E-state index is 12.7. The summed E-state index contributed by atoms with van der Waals surface area (Å²) in [4.78, 5) is 25.4. The molecular formula is C25H17N5O. The van der Waals surface area contributed by atoms with E-state index in [1.807, 2.05) is 84.9 Å². The van der Waals surface area contributed by atoms with Gasteiger partial charge in [0.15, 0.2) is 5.65 Å². The Balaban J connectivity index is 1.34. The number of benzene rings is 4. The molecule has 0 saturated carbocycles. The van der Waals surface area contributed by atoms with Crippen molar-refractivity contribution in [1.82, 2.24) is 15.0 Å². The fraction of sp³-hybridized carbons (Fsp3) is 0. The van der Waals surface area contributed by atoms with Crippen molar-refractivity contribution in [3.8, 4) is 0 Å². The first-order valence-corrected chi connectivity index (χ1v) is 9.99. The van der Waals surface area contributed by atoms with Crippen LogP contribution < -0.4 is 10.6 Å². The van der Waals surface area contributed by atoms with Crippen LogP contribution in [0.4, 0.5) is 16.2 Å². The fourth-order valence-corrected chi connectivity index (χ4v) is 3.95. The average molecular weight is 403 g/mol. The van der Waals surface area contributed by atoms with Crippen LogP contribution in [-0.4, -0.2) is 21.0 Å². The molecule has 0 unspecified atom stereocenters. The number of fused-ring (bicyclic) bond motifs is 5. The Kier molecular flexibility index (Phi) is 3.83. The average Bonchev–Trinajstić information content (AvgIpc) is 3.14. The SMILES string of the molecule is O=C(Nc1ccc2[nH]c3nc4ccccc4nc3c2c1)Nc1cccc2ccccc12. The molecule has 6 heteroatoms. The van der Waals surface area contributed by atoms with E-state index in [0.29, 0.717) is 5.69 Å². The fourth-order valence-electron chi connectivity index (χ4n) is 3.95. The Morgan fingerprint density at radius 2 is 1.52 bits per heavy atom. The Morgan fingerprint density at radius 1 is 0.742 bits per heavy atom. The molecule has 6 aromatic rings. The largest absolute Gasteiger partial charge is 0.338 e. The summed E-state index contributed by atoms with van der Waals surface area (Å²) < 4.78 is 0. The van der Waals surface area contributed by atoms with Crippen molar-refractivity contribution in [2.24, 2.45) is 0 Å². The molecule has 0 spiro atoms. The highest BCUT2D eigenvalue weighted by atomic mass is 16.2. The van der Waals surface area contributed by atoms with E-state index in [9.17, 15) is 4.79 Å². The molecule has 0 aliphatic carbocycles. The van der Waals surface area contributed by atoms with Crippen molar-refractivity contribution in [3.63, 3.8) is 0 Å². The number of aromatic amines is 1. The predicted molar refractivity (Wildman–Crippen MR) is 125 cm³/mol. The lowest BCUT2D eigenvalue weighted by atomic mass is 10.1. The van der Waals surface area contributed by atoms with E-state index in [0.717, 1.165) is 49.6 Å². The molecule has 6 nitrogen and oxygen atoms in total. The van der Waals surface area contributed by atoms with Gasteiger partial charge in [0, 0.05) is 22.0 Å². The van der Waals surface area contributed by atoms with E-state index < -0.39 is 0 Å². The van der Waals surface area contributed by atoms with Gasteiger partial charge < -0.3 is 15.6 Å². The number of anilines is 2. The highest BCUT2D eigenvalue weighted by Crippen LogP contribution is 2.28. The molecule has 2 amide bonds. The zero-order valence-electron chi connectivity index (χ0n) is 16.4. The number of urea groups is 1. The number of amides is 2. The van der Waals surface area contributed by atoms with E-state index in [2.05, 4.69) is 20.6 Å². The minimum atomic E-state index is -0.299. The van der Waals surface area contributed by atoms with Gasteiger partial charge in [-0.2, -0.15) is 0 Å². The lowest BCUT2D eigenvalue weighted by Gasteiger charge is -2.10. The molecule has 4 aromatic carbocycles. The molecule has 0 bridgehead atoms. The highest BCUT2D eigenvalue weighted by molar-refractivity contribution is 6.09. The molecule has 31 heavy (non-hydrogen) atoms. The van der Waals surface area contributed by atoms with Gasteiger partial charge in [-0.05, 0) is 41.8 Å². The number of rotatable bonds is 2. The van der Waals surface area contributed by atoms with E-state index in [-0.39, 0.29) is 6.03 Å². The molecule has 2 heterocycles. The number of hydrogen-bond donors (Lipinski definition) is 3. The predicted octanol–water partition coefficient (Wildman–Crippen LogP) is 6.06. The second kappa shape index (κ2) is 6.81. The van der Waals surface area contributed by atoms with Crippen LogP contribution in [0.15, 0.2) is 84.9 Å². The molecular weight excluding hydrogens is 386 g/mol. The maximum atomic E-state index is 12.7. The Labute approximate surface area is 176 Å². The first-order chi connectivity index (χ1) is 15.2. The third-order valence-corrected chi connectivity index (χ3v) is 5.39. The van der Waals surface area contributed by atoms with Crippen molar-refractivity contribution in [2.45, 2.75) is 0 Å². The summed E-state index contributed by atoms with van der Waals surface area (Å²) in [6, 6.07) is 27.0. The standard InChI is InChI=1S/C25H17N5O/c31-25(30-19-11-5-7-15-6-1-2-8-17(15)19)26-16-12-13-20-18(14-16)23-24(28-20)29-22-10-4-3-9-21(22)27-23/h1-14H,(H,28,29)(H2,26,30,31). The van der Waals surface area contributed by atoms with Gasteiger partial charge in [-0.1, -0.05) is 48.5 Å². The molecule has 0 atom stereocenters. The molecule has 0 aliphatic rings. The quantitative estimate of drug-likeness (QED) is 0.328. The first kappa shape index (κ1) is 17.4. The van der Waals surface area contributed by atoms with Crippen LogP contribution >= 0.6 is 0 Å². The van der Waals surface area contributed by atoms with Gasteiger partial charge in [0.25, 0.3) is 0 Å². The summed E-state index contributed by atoms with van der Waals surface area (Å²) in [7, 11) is 0. The van der Waals surface area contributed by atoms with Gasteiger partial charge >= 0.3 is 6.03 Å². The van der Waals surface area contributed by atoms with E-state index in [1.54, 1.807) is 0 Å². The number of aromatic nitrogens is 3. The van der Waals surface area contributed by atoms with Gasteiger partial charge in [0.2, 0.25) is 0 Å². The minimum absolute atomic E-state index is 0.299. The second-order valence-corrected chi connectivity index (χ2v) is 7.40. The number of carbonyl (C=O) groups is 1. The van der Waals surface area contributed by atoms with Crippen molar-refractivity contribution in [3.05, 3.63) is 84.9 Å². The first-order valence-electron chi connectivity index (χ1n) is 9.99. The third kappa shape index (κ3) is 3.02. The van der Waals surface area contributed by atoms with Gasteiger partial charge in [-0.25, -0.2) is 14.8 Å². The van der Waals surface area contributed by atoms with E-state index >= 15 is 0 Å². The van der Waals surface area contributed by atoms with Crippen LogP contribution in [0.25, 0.3) is 43.9 Å². The maximum Gasteiger partial charge on any atom is 0.323 e. The zero-order chi connectivity index (χ0) is 20.8. The minimum Gasteiger partial charge on any atom is -0.338 e. The Bertz CT molecular complexity index is 1610. The zero-order valence-corrected chi connectivity index (χ0v) is 16.4. The molecule has 148 valence electrons. The Morgan fingerprint density at radius 3 is 2.42 bits per heavy atom. The molecule has 2 aromatic heterocycles. The molecule has 3 N–H and O–H groups in total. The molecule has 0 fully saturated rings. The summed E-state index contributed by atoms with van der Waals surface area (Å²) in [6.45, 7) is 0. The van der Waals surface area contributed by atoms with Gasteiger partial charge in [-0.15, -0.1) is 0 Å². The topological polar surface area (TPSA) is 82.7 Å². The number of para-hydroxylation sites is 2. The summed E-state index contributed by atoms with van der Waals surface area (Å²) >= 11 is 0. The van der Waals surface area contributed by atoms with Crippen LogP contribution in [-0.2, 0) is 0 Å². The third-order valence-electron chi connectivity index (χ3n) is 5.39. The summed E-state index contributed by atoms with van der Waals surface area (Å²) in [6.07, 6.45) is 0. The number of nitrogens with one attached hydrogen (secondary N) is 3. The number of hydrogen-bond acceptors (Lipinski definition) is 3. The summed E-state index contributed by atoms with van der Waals surface area (Å²) in [5.41, 5.74) is 5.56. The van der Waals surface area contributed by atoms with Crippen LogP contribution in [0.2, 0.25) is 0 Å². The number of carbonyl (C=O) groups excluding carboxylic acids is 1. The van der Waals surface area contributed by atoms with Gasteiger partial charge in [0.1, 0.15) is 5.52 Å². The smallest absolute Gasteiger partial charge is 0.323 e. The molecule has 6 rings (SSSR count). The molecule has 0 aliphatic heterocycles. The van der Waals surface area contributed by atoms with Gasteiger partial charge in [0.05, 0.1) is 16.7 Å². The normalized spacial score (nSPS) is 11.4. The van der Waals surface area contributed by atoms with Gasteiger partial charge in [-0.3, -0.25) is 0 Å². The monoisotopic (exact) mass is 403 g/mol. The lowest BCUT2D eigenvalue weighted by Crippen LogP contribution is -2.19. The van der Waals surface area contributed by atoms with Crippen LogP contribution in [0.3, 0.4) is 0 Å². The second-order valence-electron chi connectivity index (χ2n) is 7.40. The van der Waals surface area contributed by atoms with Crippen LogP contribution in [0.1, 0.15) is 0 Å². The van der Waals surface area contributed by atoms with Crippen molar-refractivity contribution >= 4 is 61.3 Å². The van der Waals surface area contributed by atoms with Crippen LogP contribution in [0.5, 0.6) is 0 Å². The number of H-pyrrole nitrogens is 1. The Hall–Kier alpha value is -4.45. The van der Waals surface area contributed by atoms with Crippen molar-refractivity contribution in [1.29, 1.82) is 0 Å². The summed E-state index contributed by atoms with van der Waals surface area (Å²) in [5.74, 6) is 0. The molecule has 0 saturated heterocycles. The lowest BCUT2D eigenvalue weighted by molar-refractivity contribution is 0.262. The highest BCUT2D eigenvalue weighted by Gasteiger charge is 2.11. The summed E-state index contributed by atoms with van der Waals surface area (Å²) in [5, 5.41) is 8.86. The van der Waals surface area contributed by atoms with Crippen molar-refractivity contribution < 1.29 is 4.79 Å². The van der Waals surface area contributed by atoms with E-state index in [4.69, 9.17) is 4.98 Å². The van der Waals surface area contributed by atoms with Crippen LogP contribution in [0, 0.1) is 0 Å². The number of nitrogens with zero attached hydrogens (tertiary/aromatic N) is 2. The van der Waals surface area contributed by atoms with Crippen molar-refractivity contribution in [2.75, 3.05) is 10.6 Å².